The quantitative estimate of drug-likeness (QED) is 0.902. The van der Waals surface area contributed by atoms with Gasteiger partial charge in [-0.25, -0.2) is 0 Å². The molecule has 2 aromatic rings. The van der Waals surface area contributed by atoms with Crippen LogP contribution in [-0.2, 0) is 11.2 Å². The molecule has 20 heavy (non-hydrogen) atoms. The SMILES string of the molecule is Cc1ccccc1C(C)NC(=O)Cc1cccc(Cl)c1. The lowest BCUT2D eigenvalue weighted by Gasteiger charge is -2.16. The molecule has 1 unspecified atom stereocenters. The van der Waals surface area contributed by atoms with Crippen LogP contribution in [0.15, 0.2) is 48.5 Å². The zero-order chi connectivity index (χ0) is 14.5. The third-order valence-electron chi connectivity index (χ3n) is 3.29. The molecule has 0 saturated carbocycles. The maximum Gasteiger partial charge on any atom is 0.224 e. The third-order valence-corrected chi connectivity index (χ3v) is 3.52. The molecule has 0 aliphatic carbocycles. The predicted octanol–water partition coefficient (Wildman–Crippen LogP) is 4.07. The summed E-state index contributed by atoms with van der Waals surface area (Å²) in [6, 6.07) is 15.5. The van der Waals surface area contributed by atoms with Crippen LogP contribution in [0.3, 0.4) is 0 Å². The summed E-state index contributed by atoms with van der Waals surface area (Å²) in [6.45, 7) is 4.05. The molecule has 1 atom stereocenters. The summed E-state index contributed by atoms with van der Waals surface area (Å²) in [4.78, 5) is 12.1. The Morgan fingerprint density at radius 2 is 1.95 bits per heavy atom. The minimum absolute atomic E-state index is 0.00267. The number of rotatable bonds is 4. The molecule has 104 valence electrons. The molecule has 3 heteroatoms. The van der Waals surface area contributed by atoms with E-state index in [4.69, 9.17) is 11.6 Å². The smallest absolute Gasteiger partial charge is 0.224 e. The number of aryl methyl sites for hydroxylation is 1. The first-order valence-electron chi connectivity index (χ1n) is 6.65. The maximum absolute atomic E-state index is 12.1. The standard InChI is InChI=1S/C17H18ClNO/c1-12-6-3-4-9-16(12)13(2)19-17(20)11-14-7-5-8-15(18)10-14/h3-10,13H,11H2,1-2H3,(H,19,20). The van der Waals surface area contributed by atoms with Crippen LogP contribution in [0, 0.1) is 6.92 Å². The summed E-state index contributed by atoms with van der Waals surface area (Å²) >= 11 is 5.92. The van der Waals surface area contributed by atoms with Crippen LogP contribution < -0.4 is 5.32 Å². The van der Waals surface area contributed by atoms with Gasteiger partial charge < -0.3 is 5.32 Å². The van der Waals surface area contributed by atoms with Crippen molar-refractivity contribution in [2.75, 3.05) is 0 Å². The van der Waals surface area contributed by atoms with Gasteiger partial charge in [0.15, 0.2) is 0 Å². The van der Waals surface area contributed by atoms with Gasteiger partial charge in [-0.05, 0) is 42.7 Å². The van der Waals surface area contributed by atoms with Crippen molar-refractivity contribution >= 4 is 17.5 Å². The molecule has 0 aromatic heterocycles. The first-order chi connectivity index (χ1) is 9.56. The fraction of sp³-hybridized carbons (Fsp3) is 0.235. The van der Waals surface area contributed by atoms with Gasteiger partial charge in [0.25, 0.3) is 0 Å². The largest absolute Gasteiger partial charge is 0.349 e. The molecule has 2 aromatic carbocycles. The highest BCUT2D eigenvalue weighted by Crippen LogP contribution is 2.17. The number of nitrogens with one attached hydrogen (secondary N) is 1. The molecule has 0 saturated heterocycles. The van der Waals surface area contributed by atoms with Gasteiger partial charge in [0, 0.05) is 5.02 Å². The number of halogens is 1. The van der Waals surface area contributed by atoms with Crippen molar-refractivity contribution in [3.05, 3.63) is 70.2 Å². The second-order valence-corrected chi connectivity index (χ2v) is 5.39. The van der Waals surface area contributed by atoms with Crippen LogP contribution in [0.4, 0.5) is 0 Å². The van der Waals surface area contributed by atoms with E-state index in [-0.39, 0.29) is 11.9 Å². The van der Waals surface area contributed by atoms with Crippen LogP contribution in [0.25, 0.3) is 0 Å². The zero-order valence-corrected chi connectivity index (χ0v) is 12.4. The van der Waals surface area contributed by atoms with Crippen molar-refractivity contribution in [2.45, 2.75) is 26.3 Å². The van der Waals surface area contributed by atoms with Crippen LogP contribution >= 0.6 is 11.6 Å². The van der Waals surface area contributed by atoms with E-state index in [9.17, 15) is 4.79 Å². The second-order valence-electron chi connectivity index (χ2n) is 4.95. The average molecular weight is 288 g/mol. The summed E-state index contributed by atoms with van der Waals surface area (Å²) in [5, 5.41) is 3.68. The lowest BCUT2D eigenvalue weighted by molar-refractivity contribution is -0.121. The normalized spacial score (nSPS) is 11.9. The van der Waals surface area contributed by atoms with Crippen molar-refractivity contribution in [3.63, 3.8) is 0 Å². The Hall–Kier alpha value is -1.80. The Labute approximate surface area is 124 Å². The van der Waals surface area contributed by atoms with E-state index in [0.717, 1.165) is 11.1 Å². The molecule has 0 radical (unpaired) electrons. The second kappa shape index (κ2) is 6.58. The third kappa shape index (κ3) is 3.84. The highest BCUT2D eigenvalue weighted by atomic mass is 35.5. The molecule has 1 amide bonds. The summed E-state index contributed by atoms with van der Waals surface area (Å²) in [5.41, 5.74) is 3.25. The van der Waals surface area contributed by atoms with Gasteiger partial charge in [0.1, 0.15) is 0 Å². The molecule has 2 rings (SSSR count). The Balaban J connectivity index is 2.00. The number of amides is 1. The van der Waals surface area contributed by atoms with E-state index in [1.54, 1.807) is 6.07 Å². The predicted molar refractivity (Wildman–Crippen MR) is 82.9 cm³/mol. The van der Waals surface area contributed by atoms with E-state index in [0.29, 0.717) is 11.4 Å². The summed E-state index contributed by atoms with van der Waals surface area (Å²) in [7, 11) is 0. The zero-order valence-electron chi connectivity index (χ0n) is 11.7. The molecular formula is C17H18ClNO. The minimum atomic E-state index is 0.00267. The lowest BCUT2D eigenvalue weighted by Crippen LogP contribution is -2.28. The summed E-state index contributed by atoms with van der Waals surface area (Å²) in [6.07, 6.45) is 0.344. The number of hydrogen-bond acceptors (Lipinski definition) is 1. The van der Waals surface area contributed by atoms with Gasteiger partial charge in [0.05, 0.1) is 12.5 Å². The fourth-order valence-corrected chi connectivity index (χ4v) is 2.49. The van der Waals surface area contributed by atoms with Gasteiger partial charge in [-0.15, -0.1) is 0 Å². The Morgan fingerprint density at radius 3 is 2.65 bits per heavy atom. The van der Waals surface area contributed by atoms with Gasteiger partial charge in [-0.3, -0.25) is 4.79 Å². The lowest BCUT2D eigenvalue weighted by atomic mass is 10.0. The number of hydrogen-bond donors (Lipinski definition) is 1. The Kier molecular flexibility index (Phi) is 4.80. The van der Waals surface area contributed by atoms with Gasteiger partial charge in [-0.2, -0.15) is 0 Å². The number of carbonyl (C=O) groups excluding carboxylic acids is 1. The fourth-order valence-electron chi connectivity index (χ4n) is 2.28. The molecule has 2 nitrogen and oxygen atoms in total. The van der Waals surface area contributed by atoms with E-state index < -0.39 is 0 Å². The van der Waals surface area contributed by atoms with E-state index in [1.165, 1.54) is 5.56 Å². The number of carbonyl (C=O) groups is 1. The van der Waals surface area contributed by atoms with Crippen LogP contribution in [0.1, 0.15) is 29.7 Å². The molecule has 0 bridgehead atoms. The van der Waals surface area contributed by atoms with Crippen LogP contribution in [0.2, 0.25) is 5.02 Å². The summed E-state index contributed by atoms with van der Waals surface area (Å²) < 4.78 is 0. The number of benzene rings is 2. The van der Waals surface area contributed by atoms with Crippen molar-refractivity contribution in [2.24, 2.45) is 0 Å². The molecule has 0 aliphatic heterocycles. The summed E-state index contributed by atoms with van der Waals surface area (Å²) in [5.74, 6) is 0.00280. The van der Waals surface area contributed by atoms with E-state index in [1.807, 2.05) is 43.3 Å². The maximum atomic E-state index is 12.1. The minimum Gasteiger partial charge on any atom is -0.349 e. The first kappa shape index (κ1) is 14.6. The highest BCUT2D eigenvalue weighted by Gasteiger charge is 2.11. The monoisotopic (exact) mass is 287 g/mol. The topological polar surface area (TPSA) is 29.1 Å². The highest BCUT2D eigenvalue weighted by molar-refractivity contribution is 6.30. The molecule has 0 aliphatic rings. The van der Waals surface area contributed by atoms with Crippen molar-refractivity contribution in [3.8, 4) is 0 Å². The van der Waals surface area contributed by atoms with Gasteiger partial charge in [-0.1, -0.05) is 48.0 Å². The molecular weight excluding hydrogens is 270 g/mol. The van der Waals surface area contributed by atoms with Crippen molar-refractivity contribution in [1.29, 1.82) is 0 Å². The molecule has 0 fully saturated rings. The van der Waals surface area contributed by atoms with E-state index >= 15 is 0 Å². The van der Waals surface area contributed by atoms with E-state index in [2.05, 4.69) is 18.3 Å². The first-order valence-corrected chi connectivity index (χ1v) is 7.03. The van der Waals surface area contributed by atoms with Crippen molar-refractivity contribution < 1.29 is 4.79 Å². The molecule has 0 spiro atoms. The van der Waals surface area contributed by atoms with Gasteiger partial charge >= 0.3 is 0 Å². The Bertz CT molecular complexity index is 609. The van der Waals surface area contributed by atoms with Crippen molar-refractivity contribution in [1.82, 2.24) is 5.32 Å². The van der Waals surface area contributed by atoms with Gasteiger partial charge in [0.2, 0.25) is 5.91 Å². The Morgan fingerprint density at radius 1 is 1.20 bits per heavy atom. The molecule has 0 heterocycles. The average Bonchev–Trinajstić information content (AvgIpc) is 2.38. The van der Waals surface area contributed by atoms with Crippen LogP contribution in [-0.4, -0.2) is 5.91 Å². The van der Waals surface area contributed by atoms with Crippen LogP contribution in [0.5, 0.6) is 0 Å². The molecule has 1 N–H and O–H groups in total.